The van der Waals surface area contributed by atoms with E-state index in [4.69, 9.17) is 9.73 Å². The molecule has 0 aliphatic rings. The maximum Gasteiger partial charge on any atom is 0.331 e. The van der Waals surface area contributed by atoms with Crippen LogP contribution in [0.25, 0.3) is 16.8 Å². The van der Waals surface area contributed by atoms with Gasteiger partial charge >= 0.3 is 5.97 Å². The third-order valence-electron chi connectivity index (χ3n) is 5.54. The van der Waals surface area contributed by atoms with Gasteiger partial charge < -0.3 is 4.74 Å². The lowest BCUT2D eigenvalue weighted by Crippen LogP contribution is -2.31. The molecule has 3 heteroatoms. The molecule has 0 aliphatic heterocycles. The van der Waals surface area contributed by atoms with Crippen LogP contribution in [0, 0.1) is 0 Å². The SMILES string of the molecule is CC(C)(C)OC(=O)[C@H](C/C=C/c1cccc2ccccc12)N=C(c1ccccc1)c1ccccc1. The van der Waals surface area contributed by atoms with Gasteiger partial charge in [-0.25, -0.2) is 4.79 Å². The monoisotopic (exact) mass is 461 g/mol. The van der Waals surface area contributed by atoms with E-state index in [1.807, 2.05) is 99.6 Å². The molecule has 0 amide bonds. The Morgan fingerprint density at radius 1 is 0.800 bits per heavy atom. The lowest BCUT2D eigenvalue weighted by molar-refractivity contribution is -0.156. The molecule has 176 valence electrons. The molecule has 4 aromatic rings. The molecule has 4 aromatic carbocycles. The van der Waals surface area contributed by atoms with Crippen LogP contribution in [0.5, 0.6) is 0 Å². The molecule has 35 heavy (non-hydrogen) atoms. The zero-order valence-corrected chi connectivity index (χ0v) is 20.5. The van der Waals surface area contributed by atoms with Gasteiger partial charge in [-0.05, 0) is 43.5 Å². The second kappa shape index (κ2) is 11.0. The second-order valence-corrected chi connectivity index (χ2v) is 9.47. The maximum absolute atomic E-state index is 13.2. The first-order valence-electron chi connectivity index (χ1n) is 12.0. The first-order valence-corrected chi connectivity index (χ1v) is 12.0. The van der Waals surface area contributed by atoms with Gasteiger partial charge in [-0.2, -0.15) is 0 Å². The van der Waals surface area contributed by atoms with Gasteiger partial charge in [-0.1, -0.05) is 115 Å². The molecule has 1 atom stereocenters. The minimum atomic E-state index is -0.670. The number of nitrogens with zero attached hydrogens (tertiary/aromatic N) is 1. The van der Waals surface area contributed by atoms with Crippen molar-refractivity contribution in [3.05, 3.63) is 126 Å². The van der Waals surface area contributed by atoms with Crippen LogP contribution >= 0.6 is 0 Å². The van der Waals surface area contributed by atoms with Gasteiger partial charge in [0.15, 0.2) is 6.04 Å². The zero-order chi connectivity index (χ0) is 24.7. The smallest absolute Gasteiger partial charge is 0.331 e. The molecule has 0 fully saturated rings. The summed E-state index contributed by atoms with van der Waals surface area (Å²) in [6, 6.07) is 33.8. The first-order chi connectivity index (χ1) is 16.9. The van der Waals surface area contributed by atoms with Gasteiger partial charge in [0, 0.05) is 11.1 Å². The minimum Gasteiger partial charge on any atom is -0.458 e. The van der Waals surface area contributed by atoms with E-state index in [-0.39, 0.29) is 5.97 Å². The molecule has 3 nitrogen and oxygen atoms in total. The van der Waals surface area contributed by atoms with Crippen molar-refractivity contribution in [3.63, 3.8) is 0 Å². The van der Waals surface area contributed by atoms with Crippen molar-refractivity contribution in [1.29, 1.82) is 0 Å². The molecule has 0 aliphatic carbocycles. The predicted molar refractivity (Wildman–Crippen MR) is 146 cm³/mol. The van der Waals surface area contributed by atoms with E-state index >= 15 is 0 Å². The number of aliphatic imine (C=N–C) groups is 1. The normalized spacial score (nSPS) is 12.4. The Kier molecular flexibility index (Phi) is 7.57. The number of hydrogen-bond acceptors (Lipinski definition) is 3. The predicted octanol–water partition coefficient (Wildman–Crippen LogP) is 7.49. The summed E-state index contributed by atoms with van der Waals surface area (Å²) < 4.78 is 5.77. The quantitative estimate of drug-likeness (QED) is 0.211. The van der Waals surface area contributed by atoms with Crippen LogP contribution in [0.3, 0.4) is 0 Å². The first kappa shape index (κ1) is 24.2. The number of esters is 1. The van der Waals surface area contributed by atoms with Gasteiger partial charge in [0.2, 0.25) is 0 Å². The summed E-state index contributed by atoms with van der Waals surface area (Å²) in [6.07, 6.45) is 4.52. The standard InChI is InChI=1S/C32H31NO2/c1-32(2,3)35-31(34)29(23-13-21-25-20-12-19-24-14-10-11-22-28(24)25)33-30(26-15-6-4-7-16-26)27-17-8-5-9-18-27/h4-22,29H,23H2,1-3H3/b21-13+/t29-/m0/s1. The highest BCUT2D eigenvalue weighted by molar-refractivity contribution is 6.13. The molecule has 0 bridgehead atoms. The van der Waals surface area contributed by atoms with E-state index in [1.165, 1.54) is 10.8 Å². The minimum absolute atomic E-state index is 0.329. The highest BCUT2D eigenvalue weighted by Crippen LogP contribution is 2.21. The number of benzene rings is 4. The maximum atomic E-state index is 13.2. The van der Waals surface area contributed by atoms with Gasteiger partial charge in [0.1, 0.15) is 5.60 Å². The summed E-state index contributed by atoms with van der Waals surface area (Å²) in [5, 5.41) is 2.37. The summed E-state index contributed by atoms with van der Waals surface area (Å²) in [7, 11) is 0. The summed E-state index contributed by atoms with van der Waals surface area (Å²) >= 11 is 0. The Labute approximate surface area is 207 Å². The van der Waals surface area contributed by atoms with E-state index in [9.17, 15) is 4.79 Å². The number of carbonyl (C=O) groups excluding carboxylic acids is 1. The molecule has 0 saturated carbocycles. The third kappa shape index (κ3) is 6.54. The molecule has 0 radical (unpaired) electrons. The van der Waals surface area contributed by atoms with Gasteiger partial charge in [0.25, 0.3) is 0 Å². The van der Waals surface area contributed by atoms with Crippen LogP contribution in [0.15, 0.2) is 114 Å². The third-order valence-corrected chi connectivity index (χ3v) is 5.54. The zero-order valence-electron chi connectivity index (χ0n) is 20.5. The molecule has 4 rings (SSSR count). The number of ether oxygens (including phenoxy) is 1. The Morgan fingerprint density at radius 2 is 1.37 bits per heavy atom. The Morgan fingerprint density at radius 3 is 2.00 bits per heavy atom. The van der Waals surface area contributed by atoms with Crippen LogP contribution in [0.2, 0.25) is 0 Å². The Hall–Kier alpha value is -3.98. The highest BCUT2D eigenvalue weighted by Gasteiger charge is 2.25. The van der Waals surface area contributed by atoms with Crippen molar-refractivity contribution in [3.8, 4) is 0 Å². The van der Waals surface area contributed by atoms with Gasteiger partial charge in [-0.15, -0.1) is 0 Å². The van der Waals surface area contributed by atoms with Gasteiger partial charge in [0.05, 0.1) is 5.71 Å². The van der Waals surface area contributed by atoms with Crippen LogP contribution in [-0.4, -0.2) is 23.3 Å². The molecule has 0 heterocycles. The number of rotatable bonds is 7. The fourth-order valence-corrected chi connectivity index (χ4v) is 3.95. The summed E-state index contributed by atoms with van der Waals surface area (Å²) in [5.74, 6) is -0.329. The average molecular weight is 462 g/mol. The average Bonchev–Trinajstić information content (AvgIpc) is 2.86. The second-order valence-electron chi connectivity index (χ2n) is 9.47. The van der Waals surface area contributed by atoms with Crippen molar-refractivity contribution in [2.24, 2.45) is 4.99 Å². The lowest BCUT2D eigenvalue weighted by Gasteiger charge is -2.22. The number of carbonyl (C=O) groups is 1. The molecular formula is C32H31NO2. The summed E-state index contributed by atoms with van der Waals surface area (Å²) in [4.78, 5) is 18.2. The van der Waals surface area contributed by atoms with E-state index in [0.29, 0.717) is 6.42 Å². The fourth-order valence-electron chi connectivity index (χ4n) is 3.95. The Balaban J connectivity index is 1.71. The molecule has 0 unspecified atom stereocenters. The van der Waals surface area contributed by atoms with Gasteiger partial charge in [-0.3, -0.25) is 4.99 Å². The Bertz CT molecular complexity index is 1290. The van der Waals surface area contributed by atoms with Crippen LogP contribution in [0.1, 0.15) is 43.9 Å². The van der Waals surface area contributed by atoms with Crippen molar-refractivity contribution in [2.45, 2.75) is 38.8 Å². The molecule has 0 aromatic heterocycles. The topological polar surface area (TPSA) is 38.7 Å². The number of hydrogen-bond donors (Lipinski definition) is 0. The van der Waals surface area contributed by atoms with Crippen molar-refractivity contribution in [1.82, 2.24) is 0 Å². The molecular weight excluding hydrogens is 430 g/mol. The van der Waals surface area contributed by atoms with Crippen molar-refractivity contribution >= 4 is 28.5 Å². The number of fused-ring (bicyclic) bond motifs is 1. The van der Waals surface area contributed by atoms with E-state index in [2.05, 4.69) is 36.4 Å². The molecule has 0 N–H and O–H groups in total. The fraction of sp³-hybridized carbons (Fsp3) is 0.188. The lowest BCUT2D eigenvalue weighted by atomic mass is 10.0. The molecule has 0 spiro atoms. The van der Waals surface area contributed by atoms with Crippen molar-refractivity contribution in [2.75, 3.05) is 0 Å². The van der Waals surface area contributed by atoms with Crippen LogP contribution in [0.4, 0.5) is 0 Å². The molecule has 0 saturated heterocycles. The van der Waals surface area contributed by atoms with E-state index in [1.54, 1.807) is 0 Å². The van der Waals surface area contributed by atoms with E-state index in [0.717, 1.165) is 22.4 Å². The van der Waals surface area contributed by atoms with Crippen LogP contribution in [-0.2, 0) is 9.53 Å². The van der Waals surface area contributed by atoms with E-state index < -0.39 is 11.6 Å². The largest absolute Gasteiger partial charge is 0.458 e. The summed E-state index contributed by atoms with van der Waals surface area (Å²) in [6.45, 7) is 5.65. The van der Waals surface area contributed by atoms with Crippen molar-refractivity contribution < 1.29 is 9.53 Å². The highest BCUT2D eigenvalue weighted by atomic mass is 16.6. The summed E-state index contributed by atoms with van der Waals surface area (Å²) in [5.41, 5.74) is 3.22. The van der Waals surface area contributed by atoms with Crippen LogP contribution < -0.4 is 0 Å².